The molecule has 0 bridgehead atoms. The lowest BCUT2D eigenvalue weighted by Crippen LogP contribution is -2.58. The van der Waals surface area contributed by atoms with Crippen LogP contribution < -0.4 is 27.4 Å². The van der Waals surface area contributed by atoms with E-state index in [9.17, 15) is 29.1 Å². The Morgan fingerprint density at radius 2 is 1.38 bits per heavy atom. The van der Waals surface area contributed by atoms with Gasteiger partial charge in [-0.2, -0.15) is 25.3 Å². The zero-order valence-electron chi connectivity index (χ0n) is 18.1. The van der Waals surface area contributed by atoms with E-state index in [0.29, 0.717) is 5.56 Å². The van der Waals surface area contributed by atoms with Crippen LogP contribution in [0, 0.1) is 0 Å². The molecule has 4 amide bonds. The monoisotopic (exact) mass is 515 g/mol. The van der Waals surface area contributed by atoms with Gasteiger partial charge in [-0.15, -0.1) is 0 Å². The van der Waals surface area contributed by atoms with Gasteiger partial charge in [0.05, 0.1) is 6.04 Å². The van der Waals surface area contributed by atoms with Crippen molar-refractivity contribution in [3.05, 3.63) is 29.8 Å². The second-order valence-electron chi connectivity index (χ2n) is 7.37. The minimum atomic E-state index is -1.33. The molecule has 0 fully saturated rings. The number of carboxylic acid groups (broad SMARTS) is 1. The molecule has 188 valence electrons. The van der Waals surface area contributed by atoms with Crippen molar-refractivity contribution < 1.29 is 34.2 Å². The first-order valence-corrected chi connectivity index (χ1v) is 11.4. The van der Waals surface area contributed by atoms with Gasteiger partial charge >= 0.3 is 5.97 Å². The van der Waals surface area contributed by atoms with Gasteiger partial charge in [0.1, 0.15) is 23.9 Å². The Labute approximate surface area is 207 Å². The van der Waals surface area contributed by atoms with E-state index in [1.807, 2.05) is 0 Å². The normalized spacial score (nSPS) is 14.2. The molecule has 0 aliphatic rings. The van der Waals surface area contributed by atoms with Crippen LogP contribution >= 0.6 is 25.3 Å². The molecule has 0 aliphatic heterocycles. The molecular formula is C20H29N5O7S2. The molecule has 1 rings (SSSR count). The van der Waals surface area contributed by atoms with Crippen LogP contribution in [-0.4, -0.2) is 75.5 Å². The molecule has 4 unspecified atom stereocenters. The SMILES string of the molecule is NC(=O)CCC(NC(=O)C(Cc1ccc(O)cc1)NC(=O)C(N)CS)C(=O)NC(CS)C(=O)O. The van der Waals surface area contributed by atoms with Crippen LogP contribution in [0.25, 0.3) is 0 Å². The van der Waals surface area contributed by atoms with Crippen LogP contribution in [0.5, 0.6) is 5.75 Å². The largest absolute Gasteiger partial charge is 0.508 e. The summed E-state index contributed by atoms with van der Waals surface area (Å²) in [4.78, 5) is 60.4. The summed E-state index contributed by atoms with van der Waals surface area (Å²) in [6.07, 6.45) is -0.492. The second kappa shape index (κ2) is 14.3. The topological polar surface area (TPSA) is 214 Å². The van der Waals surface area contributed by atoms with Crippen LogP contribution in [0.1, 0.15) is 18.4 Å². The van der Waals surface area contributed by atoms with Gasteiger partial charge in [0.15, 0.2) is 0 Å². The molecule has 0 spiro atoms. The maximum Gasteiger partial charge on any atom is 0.327 e. The van der Waals surface area contributed by atoms with Gasteiger partial charge in [-0.3, -0.25) is 19.2 Å². The van der Waals surface area contributed by atoms with Gasteiger partial charge in [0.2, 0.25) is 23.6 Å². The first-order valence-electron chi connectivity index (χ1n) is 10.2. The number of carboxylic acids is 1. The number of aliphatic carboxylic acids is 1. The van der Waals surface area contributed by atoms with Crippen LogP contribution in [0.4, 0.5) is 0 Å². The standard InChI is InChI=1S/C20H29N5O7S2/c21-12(8-33)17(28)24-14(7-10-1-3-11(26)4-2-10)19(30)23-13(5-6-16(22)27)18(29)25-15(9-34)20(31)32/h1-4,12-15,26,33-34H,5-9,21H2,(H2,22,27)(H,23,30)(H,24,28)(H,25,29)(H,31,32). The molecule has 0 aromatic heterocycles. The summed E-state index contributed by atoms with van der Waals surface area (Å²) in [5.74, 6) is -4.55. The molecule has 0 saturated carbocycles. The van der Waals surface area contributed by atoms with Gasteiger partial charge in [-0.05, 0) is 24.1 Å². The van der Waals surface area contributed by atoms with E-state index < -0.39 is 53.8 Å². The summed E-state index contributed by atoms with van der Waals surface area (Å²) in [5, 5.41) is 25.8. The zero-order valence-corrected chi connectivity index (χ0v) is 19.9. The molecule has 1 aromatic carbocycles. The predicted molar refractivity (Wildman–Crippen MR) is 129 cm³/mol. The fourth-order valence-electron chi connectivity index (χ4n) is 2.72. The number of nitrogens with two attached hydrogens (primary N) is 2. The third-order valence-electron chi connectivity index (χ3n) is 4.65. The lowest BCUT2D eigenvalue weighted by Gasteiger charge is -2.25. The Morgan fingerprint density at radius 1 is 0.853 bits per heavy atom. The van der Waals surface area contributed by atoms with Gasteiger partial charge in [-0.1, -0.05) is 12.1 Å². The Bertz CT molecular complexity index is 885. The molecule has 0 aliphatic carbocycles. The Kier molecular flexibility index (Phi) is 12.2. The summed E-state index contributed by atoms with van der Waals surface area (Å²) in [6, 6.07) is 1.05. The van der Waals surface area contributed by atoms with Crippen LogP contribution in [0.2, 0.25) is 0 Å². The van der Waals surface area contributed by atoms with Gasteiger partial charge in [0, 0.05) is 24.3 Å². The summed E-state index contributed by atoms with van der Waals surface area (Å²) in [5.41, 5.74) is 11.4. The fourth-order valence-corrected chi connectivity index (χ4v) is 3.14. The van der Waals surface area contributed by atoms with E-state index >= 15 is 0 Å². The number of primary amides is 1. The lowest BCUT2D eigenvalue weighted by atomic mass is 10.0. The summed E-state index contributed by atoms with van der Waals surface area (Å²) in [6.45, 7) is 0. The van der Waals surface area contributed by atoms with Crippen molar-refractivity contribution in [1.29, 1.82) is 0 Å². The maximum absolute atomic E-state index is 13.0. The number of hydrogen-bond acceptors (Lipinski definition) is 9. The predicted octanol–water partition coefficient (Wildman–Crippen LogP) is -2.07. The van der Waals surface area contributed by atoms with Gasteiger partial charge < -0.3 is 37.6 Å². The number of amides is 4. The quantitative estimate of drug-likeness (QED) is 0.125. The highest BCUT2D eigenvalue weighted by atomic mass is 32.1. The highest BCUT2D eigenvalue weighted by Crippen LogP contribution is 2.12. The molecule has 0 radical (unpaired) electrons. The van der Waals surface area contributed by atoms with Crippen molar-refractivity contribution in [2.45, 2.75) is 43.4 Å². The van der Waals surface area contributed by atoms with Gasteiger partial charge in [-0.25, -0.2) is 4.79 Å². The summed E-state index contributed by atoms with van der Waals surface area (Å²) < 4.78 is 0. The number of benzene rings is 1. The number of phenolic OH excluding ortho intramolecular Hbond substituents is 1. The number of thiol groups is 2. The first-order chi connectivity index (χ1) is 16.0. The Morgan fingerprint density at radius 3 is 1.88 bits per heavy atom. The number of rotatable bonds is 14. The van der Waals surface area contributed by atoms with Crippen molar-refractivity contribution in [3.63, 3.8) is 0 Å². The molecule has 34 heavy (non-hydrogen) atoms. The number of carbonyl (C=O) groups excluding carboxylic acids is 4. The van der Waals surface area contributed by atoms with Crippen molar-refractivity contribution in [2.75, 3.05) is 11.5 Å². The van der Waals surface area contributed by atoms with E-state index in [1.54, 1.807) is 12.1 Å². The van der Waals surface area contributed by atoms with Crippen molar-refractivity contribution >= 4 is 54.9 Å². The number of carbonyl (C=O) groups is 5. The van der Waals surface area contributed by atoms with Crippen LogP contribution in [0.15, 0.2) is 24.3 Å². The number of hydrogen-bond donors (Lipinski definition) is 9. The lowest BCUT2D eigenvalue weighted by molar-refractivity contribution is -0.141. The average Bonchev–Trinajstić information content (AvgIpc) is 2.79. The van der Waals surface area contributed by atoms with E-state index in [-0.39, 0.29) is 36.5 Å². The first kappa shape index (κ1) is 29.1. The zero-order chi connectivity index (χ0) is 25.8. The summed E-state index contributed by atoms with van der Waals surface area (Å²) >= 11 is 7.83. The summed E-state index contributed by atoms with van der Waals surface area (Å²) in [7, 11) is 0. The number of aromatic hydroxyl groups is 1. The third kappa shape index (κ3) is 9.89. The smallest absolute Gasteiger partial charge is 0.327 e. The Hall–Kier alpha value is -2.97. The van der Waals surface area contributed by atoms with Crippen molar-refractivity contribution in [1.82, 2.24) is 16.0 Å². The fraction of sp³-hybridized carbons (Fsp3) is 0.450. The Balaban J connectivity index is 3.10. The molecule has 12 nitrogen and oxygen atoms in total. The van der Waals surface area contributed by atoms with Crippen LogP contribution in [0.3, 0.4) is 0 Å². The highest BCUT2D eigenvalue weighted by molar-refractivity contribution is 7.80. The van der Waals surface area contributed by atoms with E-state index in [2.05, 4.69) is 41.2 Å². The molecular weight excluding hydrogens is 486 g/mol. The minimum Gasteiger partial charge on any atom is -0.508 e. The van der Waals surface area contributed by atoms with E-state index in [4.69, 9.17) is 16.6 Å². The average molecular weight is 516 g/mol. The molecule has 4 atom stereocenters. The number of phenols is 1. The van der Waals surface area contributed by atoms with E-state index in [1.165, 1.54) is 12.1 Å². The number of nitrogens with one attached hydrogen (secondary N) is 3. The third-order valence-corrected chi connectivity index (χ3v) is 5.41. The molecule has 1 aromatic rings. The maximum atomic E-state index is 13.0. The van der Waals surface area contributed by atoms with Crippen LogP contribution in [-0.2, 0) is 30.4 Å². The van der Waals surface area contributed by atoms with Gasteiger partial charge in [0.25, 0.3) is 0 Å². The molecule has 14 heteroatoms. The van der Waals surface area contributed by atoms with Crippen molar-refractivity contribution in [2.24, 2.45) is 11.5 Å². The molecule has 9 N–H and O–H groups in total. The molecule has 0 heterocycles. The highest BCUT2D eigenvalue weighted by Gasteiger charge is 2.30. The van der Waals surface area contributed by atoms with Crippen molar-refractivity contribution in [3.8, 4) is 5.75 Å². The molecule has 0 saturated heterocycles. The second-order valence-corrected chi connectivity index (χ2v) is 8.10. The van der Waals surface area contributed by atoms with E-state index in [0.717, 1.165) is 0 Å². The minimum absolute atomic E-state index is 0.00578.